The van der Waals surface area contributed by atoms with E-state index < -0.39 is 11.7 Å². The first kappa shape index (κ1) is 16.8. The SMILES string of the molecule is O=C(N1CCOCC1)N1CCC(Oc2cc(C(F)(F)F)ccn2)C1. The standard InChI is InChI=1S/C15H18F3N3O3/c16-15(17,18)11-1-3-19-13(9-11)24-12-2-4-21(10-12)14(22)20-5-7-23-8-6-20/h1,3,9,12H,2,4-8,10H2. The average Bonchev–Trinajstić information content (AvgIpc) is 3.03. The molecular weight excluding hydrogens is 327 g/mol. The fraction of sp³-hybridized carbons (Fsp3) is 0.600. The lowest BCUT2D eigenvalue weighted by Crippen LogP contribution is -2.47. The Labute approximate surface area is 137 Å². The summed E-state index contributed by atoms with van der Waals surface area (Å²) in [5, 5.41) is 0. The molecule has 0 saturated carbocycles. The predicted octanol–water partition coefficient (Wildman–Crippen LogP) is 2.01. The topological polar surface area (TPSA) is 54.9 Å². The predicted molar refractivity (Wildman–Crippen MR) is 77.6 cm³/mol. The molecule has 1 aromatic rings. The number of hydrogen-bond donors (Lipinski definition) is 0. The third-order valence-corrected chi connectivity index (χ3v) is 4.05. The fourth-order valence-corrected chi connectivity index (χ4v) is 2.77. The molecule has 0 aliphatic carbocycles. The van der Waals surface area contributed by atoms with Crippen molar-refractivity contribution in [3.63, 3.8) is 0 Å². The van der Waals surface area contributed by atoms with Crippen LogP contribution >= 0.6 is 0 Å². The number of hydrogen-bond acceptors (Lipinski definition) is 4. The molecule has 2 aliphatic heterocycles. The van der Waals surface area contributed by atoms with E-state index in [1.54, 1.807) is 9.80 Å². The first-order valence-electron chi connectivity index (χ1n) is 7.75. The molecule has 0 radical (unpaired) electrons. The van der Waals surface area contributed by atoms with Gasteiger partial charge >= 0.3 is 12.2 Å². The Hall–Kier alpha value is -2.03. The molecule has 3 rings (SSSR count). The van der Waals surface area contributed by atoms with Crippen molar-refractivity contribution in [3.8, 4) is 5.88 Å². The van der Waals surface area contributed by atoms with Crippen molar-refractivity contribution in [2.75, 3.05) is 39.4 Å². The zero-order valence-electron chi connectivity index (χ0n) is 13.0. The zero-order valence-corrected chi connectivity index (χ0v) is 13.0. The number of amides is 2. The number of urea groups is 1. The van der Waals surface area contributed by atoms with E-state index in [9.17, 15) is 18.0 Å². The lowest BCUT2D eigenvalue weighted by atomic mass is 10.2. The van der Waals surface area contributed by atoms with Crippen LogP contribution in [0.3, 0.4) is 0 Å². The molecule has 2 aliphatic rings. The number of alkyl halides is 3. The van der Waals surface area contributed by atoms with Crippen LogP contribution in [-0.4, -0.2) is 66.3 Å². The van der Waals surface area contributed by atoms with Crippen molar-refractivity contribution in [3.05, 3.63) is 23.9 Å². The second-order valence-electron chi connectivity index (χ2n) is 5.74. The highest BCUT2D eigenvalue weighted by Gasteiger charge is 2.33. The first-order chi connectivity index (χ1) is 11.4. The van der Waals surface area contributed by atoms with Gasteiger partial charge < -0.3 is 19.3 Å². The monoisotopic (exact) mass is 345 g/mol. The van der Waals surface area contributed by atoms with Gasteiger partial charge in [0, 0.05) is 38.3 Å². The van der Waals surface area contributed by atoms with Crippen LogP contribution in [-0.2, 0) is 10.9 Å². The van der Waals surface area contributed by atoms with Gasteiger partial charge in [-0.25, -0.2) is 9.78 Å². The molecule has 0 bridgehead atoms. The van der Waals surface area contributed by atoms with Gasteiger partial charge in [0.25, 0.3) is 0 Å². The molecule has 1 atom stereocenters. The van der Waals surface area contributed by atoms with Crippen molar-refractivity contribution >= 4 is 6.03 Å². The van der Waals surface area contributed by atoms with Gasteiger partial charge in [0.05, 0.1) is 25.3 Å². The number of pyridine rings is 1. The summed E-state index contributed by atoms with van der Waals surface area (Å²) >= 11 is 0. The minimum absolute atomic E-state index is 0.0736. The normalized spacial score (nSPS) is 21.9. The molecular formula is C15H18F3N3O3. The van der Waals surface area contributed by atoms with Crippen molar-refractivity contribution < 1.29 is 27.4 Å². The molecule has 6 nitrogen and oxygen atoms in total. The van der Waals surface area contributed by atoms with E-state index in [0.29, 0.717) is 45.8 Å². The van der Waals surface area contributed by atoms with Crippen LogP contribution in [0, 0.1) is 0 Å². The van der Waals surface area contributed by atoms with E-state index in [0.717, 1.165) is 18.3 Å². The number of nitrogens with zero attached hydrogens (tertiary/aromatic N) is 3. The van der Waals surface area contributed by atoms with E-state index in [4.69, 9.17) is 9.47 Å². The Kier molecular flexibility index (Phi) is 4.79. The maximum absolute atomic E-state index is 12.7. The van der Waals surface area contributed by atoms with Gasteiger partial charge in [-0.1, -0.05) is 0 Å². The fourth-order valence-electron chi connectivity index (χ4n) is 2.77. The highest BCUT2D eigenvalue weighted by atomic mass is 19.4. The molecule has 132 valence electrons. The molecule has 3 heterocycles. The van der Waals surface area contributed by atoms with Gasteiger partial charge in [-0.05, 0) is 6.07 Å². The molecule has 0 spiro atoms. The number of carbonyl (C=O) groups is 1. The van der Waals surface area contributed by atoms with Crippen LogP contribution in [0.4, 0.5) is 18.0 Å². The summed E-state index contributed by atoms with van der Waals surface area (Å²) in [7, 11) is 0. The quantitative estimate of drug-likeness (QED) is 0.823. The molecule has 0 N–H and O–H groups in total. The molecule has 0 aromatic carbocycles. The zero-order chi connectivity index (χ0) is 17.2. The first-order valence-corrected chi connectivity index (χ1v) is 7.75. The molecule has 1 aromatic heterocycles. The molecule has 1 unspecified atom stereocenters. The number of likely N-dealkylation sites (tertiary alicyclic amines) is 1. The number of morpholine rings is 1. The maximum atomic E-state index is 12.7. The van der Waals surface area contributed by atoms with Crippen LogP contribution in [0.1, 0.15) is 12.0 Å². The minimum Gasteiger partial charge on any atom is -0.472 e. The molecule has 2 fully saturated rings. The van der Waals surface area contributed by atoms with Crippen LogP contribution in [0.2, 0.25) is 0 Å². The van der Waals surface area contributed by atoms with Gasteiger partial charge in [-0.2, -0.15) is 13.2 Å². The van der Waals surface area contributed by atoms with Crippen LogP contribution in [0.25, 0.3) is 0 Å². The van der Waals surface area contributed by atoms with Crippen molar-refractivity contribution in [2.45, 2.75) is 18.7 Å². The largest absolute Gasteiger partial charge is 0.472 e. The summed E-state index contributed by atoms with van der Waals surface area (Å²) in [5.41, 5.74) is -0.799. The van der Waals surface area contributed by atoms with Gasteiger partial charge in [-0.3, -0.25) is 0 Å². The summed E-state index contributed by atoms with van der Waals surface area (Å²) in [6.45, 7) is 3.00. The van der Waals surface area contributed by atoms with Gasteiger partial charge in [-0.15, -0.1) is 0 Å². The van der Waals surface area contributed by atoms with Crippen molar-refractivity contribution in [1.82, 2.24) is 14.8 Å². The van der Waals surface area contributed by atoms with Crippen LogP contribution < -0.4 is 4.74 Å². The minimum atomic E-state index is -4.44. The smallest absolute Gasteiger partial charge is 0.416 e. The Morgan fingerprint density at radius 2 is 2.00 bits per heavy atom. The average molecular weight is 345 g/mol. The maximum Gasteiger partial charge on any atom is 0.416 e. The molecule has 24 heavy (non-hydrogen) atoms. The Morgan fingerprint density at radius 1 is 1.25 bits per heavy atom. The van der Waals surface area contributed by atoms with Crippen LogP contribution in [0.5, 0.6) is 5.88 Å². The summed E-state index contributed by atoms with van der Waals surface area (Å²) in [5.74, 6) is -0.0736. The third-order valence-electron chi connectivity index (χ3n) is 4.05. The molecule has 9 heteroatoms. The van der Waals surface area contributed by atoms with E-state index in [1.165, 1.54) is 0 Å². The van der Waals surface area contributed by atoms with Crippen molar-refractivity contribution in [1.29, 1.82) is 0 Å². The Morgan fingerprint density at radius 3 is 2.71 bits per heavy atom. The molecule has 2 amide bonds. The van der Waals surface area contributed by atoms with Gasteiger partial charge in [0.1, 0.15) is 6.10 Å². The number of aromatic nitrogens is 1. The highest BCUT2D eigenvalue weighted by molar-refractivity contribution is 5.75. The summed E-state index contributed by atoms with van der Waals surface area (Å²) in [6, 6.07) is 1.70. The van der Waals surface area contributed by atoms with E-state index in [-0.39, 0.29) is 18.0 Å². The Balaban J connectivity index is 1.57. The third kappa shape index (κ3) is 3.89. The van der Waals surface area contributed by atoms with E-state index in [1.807, 2.05) is 0 Å². The van der Waals surface area contributed by atoms with Crippen LogP contribution in [0.15, 0.2) is 18.3 Å². The summed E-state index contributed by atoms with van der Waals surface area (Å²) in [4.78, 5) is 19.6. The number of halogens is 3. The van der Waals surface area contributed by atoms with Gasteiger partial charge in [0.2, 0.25) is 5.88 Å². The lowest BCUT2D eigenvalue weighted by molar-refractivity contribution is -0.137. The number of carbonyl (C=O) groups excluding carboxylic acids is 1. The second kappa shape index (κ2) is 6.84. The molecule has 2 saturated heterocycles. The highest BCUT2D eigenvalue weighted by Crippen LogP contribution is 2.31. The Bertz CT molecular complexity index is 591. The van der Waals surface area contributed by atoms with Crippen molar-refractivity contribution in [2.24, 2.45) is 0 Å². The summed E-state index contributed by atoms with van der Waals surface area (Å²) in [6.07, 6.45) is -3.15. The van der Waals surface area contributed by atoms with E-state index >= 15 is 0 Å². The number of ether oxygens (including phenoxy) is 2. The van der Waals surface area contributed by atoms with Gasteiger partial charge in [0.15, 0.2) is 0 Å². The van der Waals surface area contributed by atoms with E-state index in [2.05, 4.69) is 4.98 Å². The number of rotatable bonds is 2. The summed E-state index contributed by atoms with van der Waals surface area (Å²) < 4.78 is 48.9. The second-order valence-corrected chi connectivity index (χ2v) is 5.74. The lowest BCUT2D eigenvalue weighted by Gasteiger charge is -2.30.